The Bertz CT molecular complexity index is 433. The summed E-state index contributed by atoms with van der Waals surface area (Å²) in [6.07, 6.45) is 4.03. The summed E-state index contributed by atoms with van der Waals surface area (Å²) in [5.41, 5.74) is 1.10. The van der Waals surface area contributed by atoms with Crippen LogP contribution in [0.25, 0.3) is 0 Å². The van der Waals surface area contributed by atoms with Gasteiger partial charge in [0.2, 0.25) is 5.91 Å². The Morgan fingerprint density at radius 3 is 2.84 bits per heavy atom. The molecule has 104 valence electrons. The third-order valence-electron chi connectivity index (χ3n) is 3.56. The molecule has 0 aromatic heterocycles. The third-order valence-corrected chi connectivity index (χ3v) is 3.56. The van der Waals surface area contributed by atoms with Crippen LogP contribution in [-0.2, 0) is 4.79 Å². The first-order valence-corrected chi connectivity index (χ1v) is 6.83. The van der Waals surface area contributed by atoms with Crippen LogP contribution in [0.15, 0.2) is 24.3 Å². The zero-order chi connectivity index (χ0) is 13.7. The molecule has 0 spiro atoms. The quantitative estimate of drug-likeness (QED) is 0.870. The van der Waals surface area contributed by atoms with Crippen molar-refractivity contribution in [1.29, 1.82) is 0 Å². The van der Waals surface area contributed by atoms with Crippen molar-refractivity contribution in [2.24, 2.45) is 0 Å². The number of hydrogen-bond acceptors (Lipinski definition) is 3. The molecule has 1 aliphatic carbocycles. The minimum Gasteiger partial charge on any atom is -0.488 e. The summed E-state index contributed by atoms with van der Waals surface area (Å²) >= 11 is 0. The molecule has 2 N–H and O–H groups in total. The number of amides is 1. The number of aryl methyl sites for hydroxylation is 1. The second-order valence-electron chi connectivity index (χ2n) is 5.04. The molecular formula is C15H21NO3. The van der Waals surface area contributed by atoms with Gasteiger partial charge in [0.15, 0.2) is 0 Å². The van der Waals surface area contributed by atoms with E-state index in [1.807, 2.05) is 31.2 Å². The van der Waals surface area contributed by atoms with Crippen molar-refractivity contribution in [2.75, 3.05) is 6.61 Å². The van der Waals surface area contributed by atoms with Crippen molar-refractivity contribution >= 4 is 5.91 Å². The van der Waals surface area contributed by atoms with Crippen LogP contribution in [0, 0.1) is 6.92 Å². The summed E-state index contributed by atoms with van der Waals surface area (Å²) in [4.78, 5) is 11.3. The maximum atomic E-state index is 11.3. The second kappa shape index (κ2) is 6.57. The van der Waals surface area contributed by atoms with Crippen molar-refractivity contribution in [2.45, 2.75) is 44.8 Å². The number of ether oxygens (including phenoxy) is 1. The van der Waals surface area contributed by atoms with Gasteiger partial charge in [0, 0.05) is 0 Å². The molecule has 1 aromatic rings. The molecule has 1 aliphatic rings. The van der Waals surface area contributed by atoms with Gasteiger partial charge >= 0.3 is 0 Å². The zero-order valence-corrected chi connectivity index (χ0v) is 11.3. The van der Waals surface area contributed by atoms with E-state index in [-0.39, 0.29) is 18.1 Å². The van der Waals surface area contributed by atoms with E-state index in [2.05, 4.69) is 5.32 Å². The van der Waals surface area contributed by atoms with Crippen LogP contribution in [0.2, 0.25) is 0 Å². The minimum absolute atomic E-state index is 0.00648. The number of rotatable bonds is 4. The van der Waals surface area contributed by atoms with Gasteiger partial charge in [-0.25, -0.2) is 0 Å². The molecule has 2 unspecified atom stereocenters. The number of hydrogen-bond donors (Lipinski definition) is 2. The van der Waals surface area contributed by atoms with Gasteiger partial charge in [-0.3, -0.25) is 4.79 Å². The molecule has 1 aromatic carbocycles. The van der Waals surface area contributed by atoms with E-state index in [1.165, 1.54) is 0 Å². The number of carbonyl (C=O) groups is 1. The summed E-state index contributed by atoms with van der Waals surface area (Å²) in [5, 5.41) is 11.7. The molecule has 0 saturated heterocycles. The lowest BCUT2D eigenvalue weighted by Crippen LogP contribution is -2.48. The summed E-state index contributed by atoms with van der Waals surface area (Å²) in [7, 11) is 0. The van der Waals surface area contributed by atoms with Crippen molar-refractivity contribution < 1.29 is 14.6 Å². The molecule has 4 nitrogen and oxygen atoms in total. The number of nitrogens with one attached hydrogen (secondary N) is 1. The third kappa shape index (κ3) is 3.70. The fraction of sp³-hybridized carbons (Fsp3) is 0.533. The van der Waals surface area contributed by atoms with Gasteiger partial charge in [-0.05, 0) is 37.8 Å². The first-order valence-electron chi connectivity index (χ1n) is 6.83. The van der Waals surface area contributed by atoms with Crippen LogP contribution in [-0.4, -0.2) is 29.8 Å². The Kier molecular flexibility index (Phi) is 4.80. The summed E-state index contributed by atoms with van der Waals surface area (Å²) in [6, 6.07) is 7.89. The van der Waals surface area contributed by atoms with E-state index >= 15 is 0 Å². The number of aliphatic hydroxyl groups excluding tert-OH is 1. The van der Waals surface area contributed by atoms with E-state index in [4.69, 9.17) is 9.84 Å². The van der Waals surface area contributed by atoms with E-state index in [0.29, 0.717) is 0 Å². The van der Waals surface area contributed by atoms with Crippen LogP contribution in [0.1, 0.15) is 31.2 Å². The fourth-order valence-electron chi connectivity index (χ4n) is 2.51. The van der Waals surface area contributed by atoms with Crippen molar-refractivity contribution in [3.05, 3.63) is 29.8 Å². The van der Waals surface area contributed by atoms with E-state index in [9.17, 15) is 4.79 Å². The topological polar surface area (TPSA) is 58.6 Å². The predicted molar refractivity (Wildman–Crippen MR) is 73.1 cm³/mol. The van der Waals surface area contributed by atoms with Crippen molar-refractivity contribution in [1.82, 2.24) is 5.32 Å². The van der Waals surface area contributed by atoms with E-state index in [1.54, 1.807) is 0 Å². The van der Waals surface area contributed by atoms with Crippen LogP contribution >= 0.6 is 0 Å². The summed E-state index contributed by atoms with van der Waals surface area (Å²) in [5.74, 6) is 0.544. The molecular weight excluding hydrogens is 242 g/mol. The molecule has 0 heterocycles. The van der Waals surface area contributed by atoms with Crippen LogP contribution in [0.4, 0.5) is 0 Å². The lowest BCUT2D eigenvalue weighted by atomic mass is 9.92. The highest BCUT2D eigenvalue weighted by Gasteiger charge is 2.28. The molecule has 4 heteroatoms. The summed E-state index contributed by atoms with van der Waals surface area (Å²) < 4.78 is 6.05. The van der Waals surface area contributed by atoms with Crippen LogP contribution in [0.3, 0.4) is 0 Å². The molecule has 1 amide bonds. The Labute approximate surface area is 113 Å². The largest absolute Gasteiger partial charge is 0.488 e. The molecule has 1 saturated carbocycles. The molecule has 2 atom stereocenters. The fourth-order valence-corrected chi connectivity index (χ4v) is 2.51. The number of aliphatic hydroxyl groups is 1. The van der Waals surface area contributed by atoms with Gasteiger partial charge in [0.05, 0.1) is 6.04 Å². The predicted octanol–water partition coefficient (Wildman–Crippen LogP) is 1.79. The molecule has 0 aliphatic heterocycles. The highest BCUT2D eigenvalue weighted by molar-refractivity contribution is 5.77. The molecule has 19 heavy (non-hydrogen) atoms. The zero-order valence-electron chi connectivity index (χ0n) is 11.3. The van der Waals surface area contributed by atoms with Gasteiger partial charge in [-0.15, -0.1) is 0 Å². The monoisotopic (exact) mass is 263 g/mol. The molecule has 0 radical (unpaired) electrons. The van der Waals surface area contributed by atoms with E-state index in [0.717, 1.165) is 37.0 Å². The minimum atomic E-state index is -0.465. The van der Waals surface area contributed by atoms with Gasteiger partial charge in [-0.1, -0.05) is 24.6 Å². The first-order chi connectivity index (χ1) is 9.20. The average molecular weight is 263 g/mol. The first kappa shape index (κ1) is 13.9. The van der Waals surface area contributed by atoms with Crippen molar-refractivity contribution in [3.8, 4) is 5.75 Å². The number of carbonyl (C=O) groups excluding carboxylic acids is 1. The summed E-state index contributed by atoms with van der Waals surface area (Å²) in [6.45, 7) is 1.55. The standard InChI is InChI=1S/C15H21NO3/c1-11-6-2-4-8-13(11)19-14-9-5-3-7-12(14)16-15(18)10-17/h2,4,6,8,12,14,17H,3,5,7,9-10H2,1H3,(H,16,18). The Balaban J connectivity index is 2.03. The Morgan fingerprint density at radius 1 is 1.37 bits per heavy atom. The van der Waals surface area contributed by atoms with Crippen molar-refractivity contribution in [3.63, 3.8) is 0 Å². The van der Waals surface area contributed by atoms with Crippen LogP contribution < -0.4 is 10.1 Å². The SMILES string of the molecule is Cc1ccccc1OC1CCCCC1NC(=O)CO. The number of para-hydroxylation sites is 1. The Morgan fingerprint density at radius 2 is 2.11 bits per heavy atom. The van der Waals surface area contributed by atoms with Gasteiger partial charge in [-0.2, -0.15) is 0 Å². The van der Waals surface area contributed by atoms with Gasteiger partial charge in [0.1, 0.15) is 18.5 Å². The molecule has 0 bridgehead atoms. The average Bonchev–Trinajstić information content (AvgIpc) is 2.43. The molecule has 1 fully saturated rings. The molecule has 2 rings (SSSR count). The maximum Gasteiger partial charge on any atom is 0.246 e. The van der Waals surface area contributed by atoms with E-state index < -0.39 is 6.61 Å². The lowest BCUT2D eigenvalue weighted by Gasteiger charge is -2.32. The normalized spacial score (nSPS) is 22.8. The van der Waals surface area contributed by atoms with Gasteiger partial charge in [0.25, 0.3) is 0 Å². The smallest absolute Gasteiger partial charge is 0.246 e. The maximum absolute atomic E-state index is 11.3. The number of benzene rings is 1. The Hall–Kier alpha value is -1.55. The lowest BCUT2D eigenvalue weighted by molar-refractivity contribution is -0.125. The highest BCUT2D eigenvalue weighted by Crippen LogP contribution is 2.25. The highest BCUT2D eigenvalue weighted by atomic mass is 16.5. The van der Waals surface area contributed by atoms with Crippen LogP contribution in [0.5, 0.6) is 5.75 Å². The van der Waals surface area contributed by atoms with Gasteiger partial charge < -0.3 is 15.2 Å². The second-order valence-corrected chi connectivity index (χ2v) is 5.04.